The lowest BCUT2D eigenvalue weighted by atomic mass is 10.0. The molecule has 8 nitrogen and oxygen atoms in total. The molecule has 2 aromatic rings. The molecule has 0 radical (unpaired) electrons. The van der Waals surface area contributed by atoms with E-state index < -0.39 is 38.3 Å². The maximum atomic E-state index is 14.0. The zero-order valence-electron chi connectivity index (χ0n) is 17.9. The number of allylic oxidation sites excluding steroid dienone is 3. The maximum absolute atomic E-state index is 14.0. The highest BCUT2D eigenvalue weighted by Crippen LogP contribution is 2.30. The highest BCUT2D eigenvalue weighted by molar-refractivity contribution is 7.90. The van der Waals surface area contributed by atoms with Crippen LogP contribution in [0.15, 0.2) is 54.4 Å². The van der Waals surface area contributed by atoms with Gasteiger partial charge in [-0.2, -0.15) is 0 Å². The highest BCUT2D eigenvalue weighted by Gasteiger charge is 2.27. The first kappa shape index (κ1) is 24.0. The molecule has 0 fully saturated rings. The third kappa shape index (κ3) is 5.34. The molecule has 0 saturated heterocycles. The van der Waals surface area contributed by atoms with Crippen LogP contribution in [0.3, 0.4) is 0 Å². The summed E-state index contributed by atoms with van der Waals surface area (Å²) < 4.78 is 55.9. The van der Waals surface area contributed by atoms with Gasteiger partial charge in [-0.3, -0.25) is 4.79 Å². The lowest BCUT2D eigenvalue weighted by Gasteiger charge is -2.22. The van der Waals surface area contributed by atoms with Gasteiger partial charge in [-0.1, -0.05) is 35.6 Å². The molecule has 0 amide bonds. The van der Waals surface area contributed by atoms with Crippen LogP contribution in [0.25, 0.3) is 0 Å². The van der Waals surface area contributed by atoms with Crippen molar-refractivity contribution in [3.63, 3.8) is 0 Å². The number of carbonyl (C=O) groups is 1. The second kappa shape index (κ2) is 10.0. The molecule has 2 unspecified atom stereocenters. The Bertz CT molecular complexity index is 1270. The average molecular weight is 508 g/mol. The number of benzene rings is 1. The largest absolute Gasteiger partial charge is 0.391 e. The van der Waals surface area contributed by atoms with Crippen molar-refractivity contribution >= 4 is 38.1 Å². The molecule has 180 valence electrons. The minimum absolute atomic E-state index is 0.0939. The predicted octanol–water partition coefficient (Wildman–Crippen LogP) is 2.90. The lowest BCUT2D eigenvalue weighted by Crippen LogP contribution is -2.39. The summed E-state index contributed by atoms with van der Waals surface area (Å²) in [5.74, 6) is -2.82. The molecule has 1 aliphatic heterocycles. The second-order valence-electron chi connectivity index (χ2n) is 7.88. The number of hydrogen-bond donors (Lipinski definition) is 4. The summed E-state index contributed by atoms with van der Waals surface area (Å²) >= 11 is 0.857. The summed E-state index contributed by atoms with van der Waals surface area (Å²) in [7, 11) is -3.54. The number of nitrogens with two attached hydrogens (primary N) is 1. The van der Waals surface area contributed by atoms with E-state index in [4.69, 9.17) is 5.73 Å². The molecule has 1 aromatic carbocycles. The van der Waals surface area contributed by atoms with Crippen LogP contribution in [-0.4, -0.2) is 37.5 Å². The van der Waals surface area contributed by atoms with Gasteiger partial charge in [-0.25, -0.2) is 26.9 Å². The molecule has 2 atom stereocenters. The standard InChI is InChI=1S/C22H23F2N5O3S2/c23-16-4-1-5-17(24)18(16)19(30)20-21(25)29-22(33-20)28-14-6-8-15(9-7-14)34(31,32)27-12-13-3-2-10-26-11-13/h1-2,4-8,10,13,15,26-27H,3,9,11-12,25H2,(H,28,29). The number of carbonyl (C=O) groups excluding carboxylic acids is 1. The molecule has 34 heavy (non-hydrogen) atoms. The molecule has 2 aliphatic rings. The van der Waals surface area contributed by atoms with E-state index in [1.807, 2.05) is 12.3 Å². The number of aromatic nitrogens is 1. The maximum Gasteiger partial charge on any atom is 0.218 e. The van der Waals surface area contributed by atoms with E-state index in [2.05, 4.69) is 20.3 Å². The summed E-state index contributed by atoms with van der Waals surface area (Å²) in [6.07, 6.45) is 9.76. The van der Waals surface area contributed by atoms with Gasteiger partial charge in [-0.15, -0.1) is 0 Å². The van der Waals surface area contributed by atoms with E-state index in [-0.39, 0.29) is 28.2 Å². The molecule has 1 aromatic heterocycles. The number of ketones is 1. The number of anilines is 2. The van der Waals surface area contributed by atoms with E-state index in [1.54, 1.807) is 18.2 Å². The average Bonchev–Trinajstić information content (AvgIpc) is 3.18. The second-order valence-corrected chi connectivity index (χ2v) is 10.9. The van der Waals surface area contributed by atoms with Gasteiger partial charge in [0.05, 0.1) is 10.8 Å². The number of rotatable bonds is 8. The first-order valence-electron chi connectivity index (χ1n) is 10.5. The molecule has 0 saturated carbocycles. The summed E-state index contributed by atoms with van der Waals surface area (Å²) in [4.78, 5) is 16.6. The third-order valence-electron chi connectivity index (χ3n) is 5.44. The van der Waals surface area contributed by atoms with Crippen LogP contribution in [0.2, 0.25) is 0 Å². The Morgan fingerprint density at radius 2 is 2.03 bits per heavy atom. The molecule has 5 N–H and O–H groups in total. The number of sulfonamides is 1. The number of hydrogen-bond acceptors (Lipinski definition) is 8. The van der Waals surface area contributed by atoms with E-state index in [9.17, 15) is 22.0 Å². The minimum atomic E-state index is -3.54. The van der Waals surface area contributed by atoms with Gasteiger partial charge in [0.25, 0.3) is 0 Å². The van der Waals surface area contributed by atoms with Crippen molar-refractivity contribution in [1.29, 1.82) is 0 Å². The molecule has 12 heteroatoms. The molecule has 0 bridgehead atoms. The van der Waals surface area contributed by atoms with Gasteiger partial charge in [0.2, 0.25) is 15.8 Å². The Morgan fingerprint density at radius 1 is 1.26 bits per heavy atom. The van der Waals surface area contributed by atoms with Crippen LogP contribution in [0.4, 0.5) is 19.7 Å². The summed E-state index contributed by atoms with van der Waals surface area (Å²) in [6.45, 7) is 1.08. The van der Waals surface area contributed by atoms with Crippen LogP contribution in [0, 0.1) is 17.6 Å². The highest BCUT2D eigenvalue weighted by atomic mass is 32.2. The molecule has 4 rings (SSSR count). The number of nitrogens with zero attached hydrogens (tertiary/aromatic N) is 1. The fourth-order valence-electron chi connectivity index (χ4n) is 3.58. The third-order valence-corrected chi connectivity index (χ3v) is 8.15. The minimum Gasteiger partial charge on any atom is -0.391 e. The normalized spacial score (nSPS) is 20.0. The Kier molecular flexibility index (Phi) is 7.10. The predicted molar refractivity (Wildman–Crippen MR) is 128 cm³/mol. The van der Waals surface area contributed by atoms with Gasteiger partial charge < -0.3 is 16.4 Å². The van der Waals surface area contributed by atoms with Gasteiger partial charge >= 0.3 is 0 Å². The lowest BCUT2D eigenvalue weighted by molar-refractivity contribution is 0.103. The summed E-state index contributed by atoms with van der Waals surface area (Å²) in [5, 5.41) is 5.58. The van der Waals surface area contributed by atoms with E-state index >= 15 is 0 Å². The van der Waals surface area contributed by atoms with Crippen LogP contribution >= 0.6 is 11.3 Å². The van der Waals surface area contributed by atoms with Crippen molar-refractivity contribution in [2.24, 2.45) is 5.92 Å². The van der Waals surface area contributed by atoms with Crippen molar-refractivity contribution in [1.82, 2.24) is 15.0 Å². The number of thiazole rings is 1. The van der Waals surface area contributed by atoms with Crippen LogP contribution < -0.4 is 21.1 Å². The SMILES string of the molecule is Nc1nc(NC2=CCC(S(=O)(=O)NCC3CC=CNC3)C=C2)sc1C(=O)c1c(F)cccc1F. The van der Waals surface area contributed by atoms with Gasteiger partial charge in [0, 0.05) is 18.8 Å². The summed E-state index contributed by atoms with van der Waals surface area (Å²) in [6, 6.07) is 3.15. The van der Waals surface area contributed by atoms with Crippen LogP contribution in [0.1, 0.15) is 28.1 Å². The first-order valence-corrected chi connectivity index (χ1v) is 12.9. The molecule has 1 aliphatic carbocycles. The monoisotopic (exact) mass is 507 g/mol. The zero-order valence-corrected chi connectivity index (χ0v) is 19.6. The van der Waals surface area contributed by atoms with Gasteiger partial charge in [0.1, 0.15) is 22.3 Å². The van der Waals surface area contributed by atoms with Crippen molar-refractivity contribution < 1.29 is 22.0 Å². The Morgan fingerprint density at radius 3 is 2.68 bits per heavy atom. The smallest absolute Gasteiger partial charge is 0.218 e. The molecular formula is C22H23F2N5O3S2. The Balaban J connectivity index is 1.39. The molecular weight excluding hydrogens is 484 g/mol. The number of nitrogens with one attached hydrogen (secondary N) is 3. The fourth-order valence-corrected chi connectivity index (χ4v) is 5.75. The van der Waals surface area contributed by atoms with Crippen LogP contribution in [0.5, 0.6) is 0 Å². The van der Waals surface area contributed by atoms with Gasteiger partial charge in [-0.05, 0) is 43.2 Å². The van der Waals surface area contributed by atoms with Crippen molar-refractivity contribution in [3.8, 4) is 0 Å². The van der Waals surface area contributed by atoms with Crippen molar-refractivity contribution in [2.75, 3.05) is 24.1 Å². The summed E-state index contributed by atoms with van der Waals surface area (Å²) in [5.41, 5.74) is 5.69. The van der Waals surface area contributed by atoms with Crippen molar-refractivity contribution in [3.05, 3.63) is 76.5 Å². The van der Waals surface area contributed by atoms with Crippen molar-refractivity contribution in [2.45, 2.75) is 18.1 Å². The van der Waals surface area contributed by atoms with E-state index in [0.29, 0.717) is 12.2 Å². The van der Waals surface area contributed by atoms with Crippen LogP contribution in [-0.2, 0) is 10.0 Å². The first-order chi connectivity index (χ1) is 16.2. The molecule has 0 spiro atoms. The topological polar surface area (TPSA) is 126 Å². The van der Waals surface area contributed by atoms with E-state index in [0.717, 1.165) is 36.4 Å². The molecule has 2 heterocycles. The Hall–Kier alpha value is -3.09. The number of halogens is 2. The number of nitrogen functional groups attached to an aromatic ring is 1. The zero-order chi connectivity index (χ0) is 24.3. The van der Waals surface area contributed by atoms with E-state index in [1.165, 1.54) is 6.07 Å². The Labute approximate surface area is 199 Å². The quantitative estimate of drug-likeness (QED) is 0.405. The fraction of sp³-hybridized carbons (Fsp3) is 0.273. The van der Waals surface area contributed by atoms with Gasteiger partial charge in [0.15, 0.2) is 5.13 Å².